The second-order valence-corrected chi connectivity index (χ2v) is 6.33. The number of fused-ring (bicyclic) bond motifs is 1. The van der Waals surface area contributed by atoms with Crippen LogP contribution in [-0.4, -0.2) is 50.7 Å². The second kappa shape index (κ2) is 7.05. The van der Waals surface area contributed by atoms with Crippen molar-refractivity contribution in [1.82, 2.24) is 9.88 Å². The summed E-state index contributed by atoms with van der Waals surface area (Å²) in [5.41, 5.74) is 2.25. The molecule has 0 aliphatic carbocycles. The maximum atomic E-state index is 12.4. The summed E-state index contributed by atoms with van der Waals surface area (Å²) >= 11 is 0. The standard InChI is InChI=1S/C18H22N2O4/c21-13-8-9-20(16(10-13)18(23)24)17(22)7-3-4-12-11-19-15-6-2-1-5-14(12)15/h1-2,5-6,11,13,16,19,21H,3-4,7-10H2,(H,23,24)/t13-,16+/m1/s1. The largest absolute Gasteiger partial charge is 0.480 e. The summed E-state index contributed by atoms with van der Waals surface area (Å²) in [6, 6.07) is 7.12. The molecule has 1 fully saturated rings. The second-order valence-electron chi connectivity index (χ2n) is 6.33. The average molecular weight is 330 g/mol. The van der Waals surface area contributed by atoms with Crippen molar-refractivity contribution in [1.29, 1.82) is 0 Å². The maximum Gasteiger partial charge on any atom is 0.326 e. The number of hydrogen-bond donors (Lipinski definition) is 3. The van der Waals surface area contributed by atoms with E-state index in [2.05, 4.69) is 11.1 Å². The lowest BCUT2D eigenvalue weighted by molar-refractivity contribution is -0.154. The van der Waals surface area contributed by atoms with Crippen LogP contribution in [-0.2, 0) is 16.0 Å². The molecule has 128 valence electrons. The summed E-state index contributed by atoms with van der Waals surface area (Å²) in [5, 5.41) is 20.0. The molecule has 2 atom stereocenters. The van der Waals surface area contributed by atoms with Crippen LogP contribution in [0.1, 0.15) is 31.2 Å². The van der Waals surface area contributed by atoms with Crippen molar-refractivity contribution >= 4 is 22.8 Å². The number of aliphatic hydroxyl groups excluding tert-OH is 1. The third kappa shape index (κ3) is 3.43. The Kier molecular flexibility index (Phi) is 4.85. The number of rotatable bonds is 5. The van der Waals surface area contributed by atoms with Crippen LogP contribution >= 0.6 is 0 Å². The van der Waals surface area contributed by atoms with Crippen LogP contribution in [0.4, 0.5) is 0 Å². The number of H-pyrrole nitrogens is 1. The number of para-hydroxylation sites is 1. The Morgan fingerprint density at radius 2 is 2.08 bits per heavy atom. The van der Waals surface area contributed by atoms with Gasteiger partial charge in [-0.25, -0.2) is 4.79 Å². The minimum absolute atomic E-state index is 0.115. The highest BCUT2D eigenvalue weighted by Crippen LogP contribution is 2.22. The normalized spacial score (nSPS) is 21.1. The first-order valence-corrected chi connectivity index (χ1v) is 8.31. The zero-order chi connectivity index (χ0) is 17.1. The van der Waals surface area contributed by atoms with Gasteiger partial charge in [-0.05, 0) is 30.9 Å². The van der Waals surface area contributed by atoms with Gasteiger partial charge in [0.1, 0.15) is 6.04 Å². The zero-order valence-electron chi connectivity index (χ0n) is 13.4. The Morgan fingerprint density at radius 3 is 2.88 bits per heavy atom. The summed E-state index contributed by atoms with van der Waals surface area (Å²) in [4.78, 5) is 28.3. The number of likely N-dealkylation sites (tertiary alicyclic amines) is 1. The van der Waals surface area contributed by atoms with Gasteiger partial charge in [0.15, 0.2) is 0 Å². The van der Waals surface area contributed by atoms with E-state index in [4.69, 9.17) is 0 Å². The molecular weight excluding hydrogens is 308 g/mol. The summed E-state index contributed by atoms with van der Waals surface area (Å²) < 4.78 is 0. The molecular formula is C18H22N2O4. The van der Waals surface area contributed by atoms with Crippen molar-refractivity contribution in [3.05, 3.63) is 36.0 Å². The van der Waals surface area contributed by atoms with Crippen LogP contribution in [0.2, 0.25) is 0 Å². The SMILES string of the molecule is O=C(O)[C@@H]1C[C@H](O)CCN1C(=O)CCCc1c[nH]c2ccccc12. The Labute approximate surface area is 140 Å². The number of benzene rings is 1. The molecule has 1 aromatic heterocycles. The van der Waals surface area contributed by atoms with Gasteiger partial charge >= 0.3 is 5.97 Å². The number of aliphatic hydroxyl groups is 1. The van der Waals surface area contributed by atoms with E-state index in [1.165, 1.54) is 10.5 Å². The van der Waals surface area contributed by atoms with E-state index < -0.39 is 18.1 Å². The third-order valence-corrected chi connectivity index (χ3v) is 4.69. The molecule has 6 heteroatoms. The van der Waals surface area contributed by atoms with Crippen LogP contribution in [0.5, 0.6) is 0 Å². The summed E-state index contributed by atoms with van der Waals surface area (Å²) in [7, 11) is 0. The van der Waals surface area contributed by atoms with E-state index in [1.54, 1.807) is 0 Å². The van der Waals surface area contributed by atoms with Crippen LogP contribution in [0.3, 0.4) is 0 Å². The van der Waals surface area contributed by atoms with E-state index in [-0.39, 0.29) is 12.3 Å². The number of aliphatic carboxylic acids is 1. The van der Waals surface area contributed by atoms with Gasteiger partial charge in [-0.3, -0.25) is 4.79 Å². The molecule has 0 bridgehead atoms. The van der Waals surface area contributed by atoms with Gasteiger partial charge < -0.3 is 20.1 Å². The molecule has 1 saturated heterocycles. The Bertz CT molecular complexity index is 739. The van der Waals surface area contributed by atoms with E-state index in [0.717, 1.165) is 17.3 Å². The number of amides is 1. The average Bonchev–Trinajstić information content (AvgIpc) is 2.98. The van der Waals surface area contributed by atoms with Gasteiger partial charge in [-0.15, -0.1) is 0 Å². The molecule has 1 aliphatic heterocycles. The van der Waals surface area contributed by atoms with Gasteiger partial charge in [0.25, 0.3) is 0 Å². The van der Waals surface area contributed by atoms with Gasteiger partial charge in [0.05, 0.1) is 6.10 Å². The van der Waals surface area contributed by atoms with E-state index in [0.29, 0.717) is 25.8 Å². The fourth-order valence-corrected chi connectivity index (χ4v) is 3.39. The fourth-order valence-electron chi connectivity index (χ4n) is 3.39. The molecule has 1 aliphatic rings. The summed E-state index contributed by atoms with van der Waals surface area (Å²) in [5.74, 6) is -1.19. The number of aromatic amines is 1. The molecule has 2 aromatic rings. The number of hydrogen-bond acceptors (Lipinski definition) is 3. The first-order valence-electron chi connectivity index (χ1n) is 8.31. The smallest absolute Gasteiger partial charge is 0.326 e. The molecule has 0 spiro atoms. The Hall–Kier alpha value is -2.34. The van der Waals surface area contributed by atoms with Crippen LogP contribution in [0, 0.1) is 0 Å². The van der Waals surface area contributed by atoms with Gasteiger partial charge in [-0.2, -0.15) is 0 Å². The number of carbonyl (C=O) groups excluding carboxylic acids is 1. The number of carboxylic acid groups (broad SMARTS) is 1. The fraction of sp³-hybridized carbons (Fsp3) is 0.444. The first kappa shape index (κ1) is 16.5. The molecule has 0 radical (unpaired) electrons. The number of aryl methyl sites for hydroxylation is 1. The Balaban J connectivity index is 1.58. The van der Waals surface area contributed by atoms with E-state index in [1.807, 2.05) is 24.4 Å². The van der Waals surface area contributed by atoms with Gasteiger partial charge in [-0.1, -0.05) is 18.2 Å². The lowest BCUT2D eigenvalue weighted by atomic mass is 9.98. The maximum absolute atomic E-state index is 12.4. The number of aromatic nitrogens is 1. The molecule has 6 nitrogen and oxygen atoms in total. The molecule has 1 amide bonds. The van der Waals surface area contributed by atoms with Gasteiger partial charge in [0, 0.05) is 36.5 Å². The number of carbonyl (C=O) groups is 2. The molecule has 3 N–H and O–H groups in total. The van der Waals surface area contributed by atoms with Crippen LogP contribution in [0.15, 0.2) is 30.5 Å². The highest BCUT2D eigenvalue weighted by molar-refractivity contribution is 5.84. The highest BCUT2D eigenvalue weighted by atomic mass is 16.4. The minimum Gasteiger partial charge on any atom is -0.480 e. The van der Waals surface area contributed by atoms with Crippen LogP contribution < -0.4 is 0 Å². The highest BCUT2D eigenvalue weighted by Gasteiger charge is 2.35. The monoisotopic (exact) mass is 330 g/mol. The molecule has 3 rings (SSSR count). The van der Waals surface area contributed by atoms with Gasteiger partial charge in [0.2, 0.25) is 5.91 Å². The number of carboxylic acids is 1. The number of nitrogens with zero attached hydrogens (tertiary/aromatic N) is 1. The van der Waals surface area contributed by atoms with Crippen LogP contribution in [0.25, 0.3) is 10.9 Å². The van der Waals surface area contributed by atoms with Crippen molar-refractivity contribution in [2.75, 3.05) is 6.54 Å². The predicted octanol–water partition coefficient (Wildman–Crippen LogP) is 1.93. The Morgan fingerprint density at radius 1 is 1.29 bits per heavy atom. The molecule has 2 heterocycles. The van der Waals surface area contributed by atoms with Crippen molar-refractivity contribution < 1.29 is 19.8 Å². The van der Waals surface area contributed by atoms with E-state index in [9.17, 15) is 19.8 Å². The van der Waals surface area contributed by atoms with Crippen molar-refractivity contribution in [3.63, 3.8) is 0 Å². The van der Waals surface area contributed by atoms with E-state index >= 15 is 0 Å². The first-order chi connectivity index (χ1) is 11.6. The lowest BCUT2D eigenvalue weighted by Gasteiger charge is -2.35. The summed E-state index contributed by atoms with van der Waals surface area (Å²) in [6.07, 6.45) is 3.64. The lowest BCUT2D eigenvalue weighted by Crippen LogP contribution is -2.51. The third-order valence-electron chi connectivity index (χ3n) is 4.69. The zero-order valence-corrected chi connectivity index (χ0v) is 13.4. The molecule has 0 saturated carbocycles. The molecule has 0 unspecified atom stereocenters. The summed E-state index contributed by atoms with van der Waals surface area (Å²) in [6.45, 7) is 0.310. The predicted molar refractivity (Wildman–Crippen MR) is 89.6 cm³/mol. The number of piperidine rings is 1. The van der Waals surface area contributed by atoms with Crippen molar-refractivity contribution in [3.8, 4) is 0 Å². The quantitative estimate of drug-likeness (QED) is 0.781. The molecule has 1 aromatic carbocycles. The topological polar surface area (TPSA) is 93.6 Å². The molecule has 24 heavy (non-hydrogen) atoms. The minimum atomic E-state index is -1.04. The van der Waals surface area contributed by atoms with Crippen molar-refractivity contribution in [2.45, 2.75) is 44.2 Å². The number of nitrogens with one attached hydrogen (secondary N) is 1. The van der Waals surface area contributed by atoms with Crippen molar-refractivity contribution in [2.24, 2.45) is 0 Å².